The van der Waals surface area contributed by atoms with Crippen molar-refractivity contribution in [1.82, 2.24) is 0 Å². The molecule has 1 heterocycles. The first-order valence-corrected chi connectivity index (χ1v) is 9.04. The van der Waals surface area contributed by atoms with Crippen LogP contribution in [0.3, 0.4) is 0 Å². The van der Waals surface area contributed by atoms with Crippen molar-refractivity contribution in [3.8, 4) is 11.5 Å². The zero-order valence-corrected chi connectivity index (χ0v) is 15.7. The maximum atomic E-state index is 12.3. The van der Waals surface area contributed by atoms with Crippen molar-refractivity contribution >= 4 is 11.7 Å². The lowest BCUT2D eigenvalue weighted by molar-refractivity contribution is 0.0601. The highest BCUT2D eigenvalue weighted by Gasteiger charge is 2.39. The fraction of sp³-hybridized carbons (Fsp3) is 0.318. The maximum Gasteiger partial charge on any atom is 0.339 e. The number of fused-ring (bicyclic) bond motifs is 3. The van der Waals surface area contributed by atoms with Crippen molar-refractivity contribution in [2.24, 2.45) is 5.92 Å². The minimum Gasteiger partial charge on any atom is -0.493 e. The third-order valence-corrected chi connectivity index (χ3v) is 5.57. The molecule has 3 atom stereocenters. The number of carbonyl (C=O) groups is 1. The summed E-state index contributed by atoms with van der Waals surface area (Å²) in [5.74, 6) is 1.72. The van der Waals surface area contributed by atoms with Gasteiger partial charge in [0.25, 0.3) is 0 Å². The first-order chi connectivity index (χ1) is 13.2. The molecule has 0 radical (unpaired) electrons. The third-order valence-electron chi connectivity index (χ3n) is 5.57. The largest absolute Gasteiger partial charge is 0.493 e. The predicted octanol–water partition coefficient (Wildman–Crippen LogP) is 4.32. The van der Waals surface area contributed by atoms with Crippen molar-refractivity contribution in [3.63, 3.8) is 0 Å². The van der Waals surface area contributed by atoms with Crippen LogP contribution in [0.5, 0.6) is 11.5 Å². The number of allylic oxidation sites excluding steroid dienone is 2. The number of hydrogen-bond donors (Lipinski definition) is 1. The molecule has 0 amide bonds. The van der Waals surface area contributed by atoms with Crippen LogP contribution in [0.2, 0.25) is 0 Å². The highest BCUT2D eigenvalue weighted by molar-refractivity contribution is 5.97. The first-order valence-electron chi connectivity index (χ1n) is 9.04. The molecule has 27 heavy (non-hydrogen) atoms. The van der Waals surface area contributed by atoms with Gasteiger partial charge in [-0.05, 0) is 41.7 Å². The van der Waals surface area contributed by atoms with Crippen LogP contribution in [0.4, 0.5) is 5.69 Å². The molecule has 2 aromatic carbocycles. The molecule has 2 aromatic rings. The van der Waals surface area contributed by atoms with Gasteiger partial charge in [0.15, 0.2) is 11.5 Å². The normalized spacial score (nSPS) is 22.4. The highest BCUT2D eigenvalue weighted by atomic mass is 16.5. The Bertz CT molecular complexity index is 905. The molecule has 1 N–H and O–H groups in total. The second kappa shape index (κ2) is 6.99. The zero-order valence-electron chi connectivity index (χ0n) is 15.7. The van der Waals surface area contributed by atoms with Crippen LogP contribution in [-0.2, 0) is 4.74 Å². The second-order valence-electron chi connectivity index (χ2n) is 6.85. The van der Waals surface area contributed by atoms with Crippen LogP contribution < -0.4 is 14.8 Å². The summed E-state index contributed by atoms with van der Waals surface area (Å²) in [6.45, 7) is 0. The Hall–Kier alpha value is -2.95. The van der Waals surface area contributed by atoms with Crippen LogP contribution in [-0.4, -0.2) is 27.3 Å². The number of ether oxygens (including phenoxy) is 3. The number of esters is 1. The van der Waals surface area contributed by atoms with E-state index in [-0.39, 0.29) is 17.9 Å². The molecule has 2 aliphatic rings. The average molecular weight is 365 g/mol. The van der Waals surface area contributed by atoms with Crippen molar-refractivity contribution in [2.45, 2.75) is 18.4 Å². The number of rotatable bonds is 4. The summed E-state index contributed by atoms with van der Waals surface area (Å²) in [5.41, 5.74) is 3.68. The lowest BCUT2D eigenvalue weighted by Crippen LogP contribution is -2.30. The number of hydrogen-bond acceptors (Lipinski definition) is 5. The minimum atomic E-state index is -0.328. The first kappa shape index (κ1) is 17.5. The Labute approximate surface area is 158 Å². The molecule has 5 nitrogen and oxygen atoms in total. The summed E-state index contributed by atoms with van der Waals surface area (Å²) in [6, 6.07) is 11.9. The summed E-state index contributed by atoms with van der Waals surface area (Å²) in [6.07, 6.45) is 5.46. The van der Waals surface area contributed by atoms with E-state index in [1.165, 1.54) is 7.11 Å². The fourth-order valence-corrected chi connectivity index (χ4v) is 4.28. The molecule has 140 valence electrons. The second-order valence-corrected chi connectivity index (χ2v) is 6.85. The number of anilines is 1. The average Bonchev–Trinajstić information content (AvgIpc) is 3.21. The summed E-state index contributed by atoms with van der Waals surface area (Å²) in [5, 5.41) is 3.62. The van der Waals surface area contributed by atoms with Gasteiger partial charge in [0.05, 0.1) is 38.6 Å². The number of methoxy groups -OCH3 is 3. The van der Waals surface area contributed by atoms with Crippen molar-refractivity contribution in [1.29, 1.82) is 0 Å². The molecule has 0 saturated carbocycles. The Balaban J connectivity index is 1.80. The molecule has 0 aromatic heterocycles. The fourth-order valence-electron chi connectivity index (χ4n) is 4.28. The molecule has 0 unspecified atom stereocenters. The lowest BCUT2D eigenvalue weighted by atomic mass is 9.76. The smallest absolute Gasteiger partial charge is 0.339 e. The summed E-state index contributed by atoms with van der Waals surface area (Å²) in [4.78, 5) is 12.3. The third kappa shape index (κ3) is 2.83. The van der Waals surface area contributed by atoms with E-state index in [1.54, 1.807) is 14.2 Å². The molecule has 0 spiro atoms. The van der Waals surface area contributed by atoms with Gasteiger partial charge in [0.2, 0.25) is 0 Å². The Kier molecular flexibility index (Phi) is 4.52. The molecule has 4 rings (SSSR count). The summed E-state index contributed by atoms with van der Waals surface area (Å²) < 4.78 is 15.8. The van der Waals surface area contributed by atoms with E-state index in [0.717, 1.165) is 23.2 Å². The molecule has 1 aliphatic carbocycles. The van der Waals surface area contributed by atoms with Gasteiger partial charge in [-0.15, -0.1) is 0 Å². The molecular weight excluding hydrogens is 342 g/mol. The van der Waals surface area contributed by atoms with Crippen LogP contribution >= 0.6 is 0 Å². The lowest BCUT2D eigenvalue weighted by Gasteiger charge is -2.38. The van der Waals surface area contributed by atoms with Crippen molar-refractivity contribution < 1.29 is 19.0 Å². The van der Waals surface area contributed by atoms with E-state index in [9.17, 15) is 4.79 Å². The van der Waals surface area contributed by atoms with Gasteiger partial charge in [-0.25, -0.2) is 4.79 Å². The number of benzene rings is 2. The van der Waals surface area contributed by atoms with Crippen molar-refractivity contribution in [2.75, 3.05) is 26.6 Å². The van der Waals surface area contributed by atoms with Gasteiger partial charge in [-0.1, -0.05) is 30.4 Å². The van der Waals surface area contributed by atoms with E-state index < -0.39 is 0 Å². The van der Waals surface area contributed by atoms with Crippen LogP contribution in [0, 0.1) is 5.92 Å². The van der Waals surface area contributed by atoms with E-state index >= 15 is 0 Å². The van der Waals surface area contributed by atoms with E-state index in [0.29, 0.717) is 23.0 Å². The van der Waals surface area contributed by atoms with Crippen LogP contribution in [0.25, 0.3) is 0 Å². The van der Waals surface area contributed by atoms with E-state index in [1.807, 2.05) is 24.3 Å². The van der Waals surface area contributed by atoms with Crippen molar-refractivity contribution in [3.05, 3.63) is 65.2 Å². The minimum absolute atomic E-state index is 0.0584. The Morgan fingerprint density at radius 1 is 1.07 bits per heavy atom. The Morgan fingerprint density at radius 2 is 1.89 bits per heavy atom. The molecule has 0 bridgehead atoms. The number of nitrogens with one attached hydrogen (secondary N) is 1. The SMILES string of the molecule is COC(=O)c1cccc2c1N[C@@H](c1ccc(OC)c(OC)c1)[C@H]1CC=C[C@@H]21. The van der Waals surface area contributed by atoms with Gasteiger partial charge in [0, 0.05) is 5.92 Å². The Morgan fingerprint density at radius 3 is 2.63 bits per heavy atom. The molecule has 0 fully saturated rings. The van der Waals surface area contributed by atoms with Gasteiger partial charge in [0.1, 0.15) is 0 Å². The number of para-hydroxylation sites is 1. The molecule has 0 saturated heterocycles. The number of carbonyl (C=O) groups excluding carboxylic acids is 1. The van der Waals surface area contributed by atoms with Crippen LogP contribution in [0.1, 0.15) is 39.9 Å². The van der Waals surface area contributed by atoms with E-state index in [2.05, 4.69) is 29.6 Å². The van der Waals surface area contributed by atoms with E-state index in [4.69, 9.17) is 14.2 Å². The predicted molar refractivity (Wildman–Crippen MR) is 104 cm³/mol. The topological polar surface area (TPSA) is 56.8 Å². The highest BCUT2D eigenvalue weighted by Crippen LogP contribution is 2.51. The summed E-state index contributed by atoms with van der Waals surface area (Å²) >= 11 is 0. The maximum absolute atomic E-state index is 12.3. The molecule has 1 aliphatic heterocycles. The van der Waals surface area contributed by atoms with Gasteiger partial charge < -0.3 is 19.5 Å². The zero-order chi connectivity index (χ0) is 19.0. The van der Waals surface area contributed by atoms with Gasteiger partial charge in [-0.3, -0.25) is 0 Å². The molecule has 5 heteroatoms. The standard InChI is InChI=1S/C22H23NO4/c1-25-18-11-10-13(12-19(18)26-2)20-15-7-4-6-14(15)16-8-5-9-17(21(16)23-20)22(24)27-3/h4-6,8-12,14-15,20,23H,7H2,1-3H3/t14-,15+,20+/m1/s1. The van der Waals surface area contributed by atoms with Gasteiger partial charge >= 0.3 is 5.97 Å². The van der Waals surface area contributed by atoms with Gasteiger partial charge in [-0.2, -0.15) is 0 Å². The van der Waals surface area contributed by atoms with Crippen LogP contribution in [0.15, 0.2) is 48.6 Å². The molecular formula is C22H23NO4. The monoisotopic (exact) mass is 365 g/mol. The quantitative estimate of drug-likeness (QED) is 0.646. The summed E-state index contributed by atoms with van der Waals surface area (Å²) in [7, 11) is 4.68.